The summed E-state index contributed by atoms with van der Waals surface area (Å²) in [6.45, 7) is 16.0. The fourth-order valence-corrected chi connectivity index (χ4v) is 5.51. The first-order valence-corrected chi connectivity index (χ1v) is 16.4. The third kappa shape index (κ3) is 9.48. The van der Waals surface area contributed by atoms with Crippen LogP contribution in [0.4, 0.5) is 0 Å². The number of rotatable bonds is 19. The van der Waals surface area contributed by atoms with E-state index in [4.69, 9.17) is 9.47 Å². The molecule has 0 bridgehead atoms. The van der Waals surface area contributed by atoms with Crippen molar-refractivity contribution in [2.75, 3.05) is 13.2 Å². The molecule has 4 nitrogen and oxygen atoms in total. The van der Waals surface area contributed by atoms with Crippen LogP contribution in [0.3, 0.4) is 0 Å². The third-order valence-corrected chi connectivity index (χ3v) is 8.53. The van der Waals surface area contributed by atoms with Crippen molar-refractivity contribution in [3.63, 3.8) is 0 Å². The highest BCUT2D eigenvalue weighted by atomic mass is 16.5. The van der Waals surface area contributed by atoms with Gasteiger partial charge in [-0.3, -0.25) is 4.79 Å². The van der Waals surface area contributed by atoms with Crippen LogP contribution in [-0.4, -0.2) is 19.1 Å². The lowest BCUT2D eigenvalue weighted by Gasteiger charge is -2.37. The molecule has 0 aliphatic carbocycles. The Bertz CT molecular complexity index is 1170. The largest absolute Gasteiger partial charge is 0.493 e. The minimum absolute atomic E-state index is 0.201. The summed E-state index contributed by atoms with van der Waals surface area (Å²) in [5.41, 5.74) is 2.36. The lowest BCUT2D eigenvalue weighted by atomic mass is 9.76. The maximum atomic E-state index is 13.3. The summed E-state index contributed by atoms with van der Waals surface area (Å²) in [5.74, 6) is 2.58. The predicted octanol–water partition coefficient (Wildman–Crippen LogP) is 9.86. The molecule has 0 aliphatic rings. The number of hydrogen-bond acceptors (Lipinski definition) is 3. The van der Waals surface area contributed by atoms with Gasteiger partial charge in [-0.05, 0) is 72.6 Å². The Morgan fingerprint density at radius 1 is 0.698 bits per heavy atom. The fraction of sp³-hybridized carbons (Fsp3) is 0.462. The Balaban J connectivity index is 1.98. The quantitative estimate of drug-likeness (QED) is 0.113. The molecule has 2 unspecified atom stereocenters. The summed E-state index contributed by atoms with van der Waals surface area (Å²) in [6.07, 6.45) is 9.45. The van der Waals surface area contributed by atoms with Crippen molar-refractivity contribution < 1.29 is 14.3 Å². The van der Waals surface area contributed by atoms with Gasteiger partial charge >= 0.3 is 0 Å². The summed E-state index contributed by atoms with van der Waals surface area (Å²) in [5, 5.41) is 3.36. The standard InChI is InChI=1S/C39H53NO3/c1-7-11-16-31(9-3)28-42-36-24-20-34(21-25-36)39(40-38(41)30(5)6,33-18-14-13-15-19-33)35-22-26-37(27-23-35)43-29-32(10-4)17-12-8-2/h13-15,18-27,31-32H,5,7-12,16-17,28-29H2,1-4,6H3,(H,40,41). The zero-order valence-electron chi connectivity index (χ0n) is 27.2. The molecule has 3 rings (SSSR count). The zero-order valence-corrected chi connectivity index (χ0v) is 27.2. The molecule has 232 valence electrons. The van der Waals surface area contributed by atoms with E-state index < -0.39 is 5.54 Å². The second-order valence-electron chi connectivity index (χ2n) is 11.9. The van der Waals surface area contributed by atoms with Crippen molar-refractivity contribution in [1.82, 2.24) is 5.32 Å². The summed E-state index contributed by atoms with van der Waals surface area (Å²) in [6, 6.07) is 26.5. The van der Waals surface area contributed by atoms with Crippen LogP contribution in [0.1, 0.15) is 103 Å². The van der Waals surface area contributed by atoms with Crippen LogP contribution >= 0.6 is 0 Å². The number of unbranched alkanes of at least 4 members (excludes halogenated alkanes) is 2. The molecule has 0 spiro atoms. The molecular formula is C39H53NO3. The molecule has 3 aromatic carbocycles. The van der Waals surface area contributed by atoms with Crippen LogP contribution in [0.25, 0.3) is 0 Å². The van der Waals surface area contributed by atoms with E-state index in [0.717, 1.165) is 41.0 Å². The van der Waals surface area contributed by atoms with Crippen LogP contribution in [0.2, 0.25) is 0 Å². The van der Waals surface area contributed by atoms with Gasteiger partial charge in [0, 0.05) is 5.57 Å². The molecule has 0 fully saturated rings. The van der Waals surface area contributed by atoms with Gasteiger partial charge in [0.1, 0.15) is 17.0 Å². The Kier molecular flexibility index (Phi) is 13.9. The summed E-state index contributed by atoms with van der Waals surface area (Å²) >= 11 is 0. The first-order chi connectivity index (χ1) is 20.9. The van der Waals surface area contributed by atoms with Gasteiger partial charge in [0.25, 0.3) is 0 Å². The summed E-state index contributed by atoms with van der Waals surface area (Å²) in [7, 11) is 0. The van der Waals surface area contributed by atoms with Crippen LogP contribution in [0.5, 0.6) is 11.5 Å². The molecule has 4 heteroatoms. The smallest absolute Gasteiger partial charge is 0.247 e. The molecule has 0 saturated carbocycles. The number of amides is 1. The Morgan fingerprint density at radius 2 is 1.12 bits per heavy atom. The van der Waals surface area contributed by atoms with Crippen molar-refractivity contribution in [1.29, 1.82) is 0 Å². The van der Waals surface area contributed by atoms with E-state index in [-0.39, 0.29) is 5.91 Å². The van der Waals surface area contributed by atoms with Gasteiger partial charge in [-0.25, -0.2) is 0 Å². The molecule has 0 heterocycles. The number of benzene rings is 3. The molecule has 3 aromatic rings. The first-order valence-electron chi connectivity index (χ1n) is 16.4. The number of ether oxygens (including phenoxy) is 2. The van der Waals surface area contributed by atoms with E-state index in [2.05, 4.69) is 76.0 Å². The van der Waals surface area contributed by atoms with E-state index in [1.807, 2.05) is 42.5 Å². The Labute approximate surface area is 260 Å². The first kappa shape index (κ1) is 34.0. The molecule has 0 radical (unpaired) electrons. The lowest BCUT2D eigenvalue weighted by molar-refractivity contribution is -0.118. The number of carbonyl (C=O) groups excluding carboxylic acids is 1. The second-order valence-corrected chi connectivity index (χ2v) is 11.9. The zero-order chi connectivity index (χ0) is 31.1. The highest BCUT2D eigenvalue weighted by Crippen LogP contribution is 2.38. The van der Waals surface area contributed by atoms with Gasteiger partial charge in [0.2, 0.25) is 5.91 Å². The number of carbonyl (C=O) groups is 1. The normalized spacial score (nSPS) is 13.9. The average Bonchev–Trinajstić information content (AvgIpc) is 3.04. The van der Waals surface area contributed by atoms with E-state index in [1.54, 1.807) is 6.92 Å². The molecule has 1 amide bonds. The minimum atomic E-state index is -0.936. The molecular weight excluding hydrogens is 530 g/mol. The number of hydrogen-bond donors (Lipinski definition) is 1. The average molecular weight is 584 g/mol. The van der Waals surface area contributed by atoms with Gasteiger partial charge in [0.15, 0.2) is 0 Å². The molecule has 0 aliphatic heterocycles. The third-order valence-electron chi connectivity index (χ3n) is 8.53. The molecule has 0 aromatic heterocycles. The van der Waals surface area contributed by atoms with Gasteiger partial charge < -0.3 is 14.8 Å². The van der Waals surface area contributed by atoms with E-state index in [0.29, 0.717) is 30.6 Å². The monoisotopic (exact) mass is 583 g/mol. The van der Waals surface area contributed by atoms with Crippen LogP contribution in [0.15, 0.2) is 91.0 Å². The van der Waals surface area contributed by atoms with Gasteiger partial charge in [0.05, 0.1) is 13.2 Å². The van der Waals surface area contributed by atoms with E-state index in [1.165, 1.54) is 38.5 Å². The van der Waals surface area contributed by atoms with Crippen LogP contribution < -0.4 is 14.8 Å². The molecule has 2 atom stereocenters. The number of nitrogens with one attached hydrogen (secondary N) is 1. The van der Waals surface area contributed by atoms with Gasteiger partial charge in [-0.15, -0.1) is 0 Å². The second kappa shape index (κ2) is 17.6. The molecule has 1 N–H and O–H groups in total. The summed E-state index contributed by atoms with van der Waals surface area (Å²) < 4.78 is 12.5. The molecule has 43 heavy (non-hydrogen) atoms. The molecule has 0 saturated heterocycles. The highest BCUT2D eigenvalue weighted by Gasteiger charge is 2.38. The van der Waals surface area contributed by atoms with Crippen LogP contribution in [0, 0.1) is 11.8 Å². The van der Waals surface area contributed by atoms with Crippen molar-refractivity contribution in [3.8, 4) is 11.5 Å². The van der Waals surface area contributed by atoms with Crippen LogP contribution in [-0.2, 0) is 10.3 Å². The van der Waals surface area contributed by atoms with Gasteiger partial charge in [-0.1, -0.05) is 127 Å². The van der Waals surface area contributed by atoms with Crippen molar-refractivity contribution in [3.05, 3.63) is 108 Å². The maximum absolute atomic E-state index is 13.3. The van der Waals surface area contributed by atoms with Crippen molar-refractivity contribution in [2.24, 2.45) is 11.8 Å². The minimum Gasteiger partial charge on any atom is -0.493 e. The lowest BCUT2D eigenvalue weighted by Crippen LogP contribution is -2.48. The van der Waals surface area contributed by atoms with Gasteiger partial charge in [-0.2, -0.15) is 0 Å². The van der Waals surface area contributed by atoms with Crippen molar-refractivity contribution in [2.45, 2.75) is 91.5 Å². The summed E-state index contributed by atoms with van der Waals surface area (Å²) in [4.78, 5) is 13.3. The Morgan fingerprint density at radius 3 is 1.49 bits per heavy atom. The maximum Gasteiger partial charge on any atom is 0.247 e. The topological polar surface area (TPSA) is 47.6 Å². The van der Waals surface area contributed by atoms with Crippen molar-refractivity contribution >= 4 is 5.91 Å². The fourth-order valence-electron chi connectivity index (χ4n) is 5.51. The van der Waals surface area contributed by atoms with E-state index >= 15 is 0 Å². The Hall–Kier alpha value is -3.53. The SMILES string of the molecule is C=C(C)C(=O)NC(c1ccccc1)(c1ccc(OCC(CC)CCCC)cc1)c1ccc(OCC(CC)CCCC)cc1. The highest BCUT2D eigenvalue weighted by molar-refractivity contribution is 5.93. The predicted molar refractivity (Wildman–Crippen MR) is 180 cm³/mol. The van der Waals surface area contributed by atoms with E-state index in [9.17, 15) is 4.79 Å².